The monoisotopic (exact) mass is 495 g/mol. The zero-order valence-corrected chi connectivity index (χ0v) is 20.7. The first-order valence-corrected chi connectivity index (χ1v) is 12.5. The highest BCUT2D eigenvalue weighted by Crippen LogP contribution is 2.33. The fourth-order valence-electron chi connectivity index (χ4n) is 4.31. The van der Waals surface area contributed by atoms with Crippen molar-refractivity contribution >= 4 is 44.3 Å². The van der Waals surface area contributed by atoms with E-state index in [-0.39, 0.29) is 11.9 Å². The number of amides is 1. The number of benzene rings is 2. The number of carbonyl (C=O) groups is 1. The minimum atomic E-state index is 0.0123. The van der Waals surface area contributed by atoms with Gasteiger partial charge in [0.2, 0.25) is 5.91 Å². The molecule has 1 aliphatic heterocycles. The second-order valence-electron chi connectivity index (χ2n) is 8.46. The topological polar surface area (TPSA) is 72.3 Å². The van der Waals surface area contributed by atoms with E-state index in [4.69, 9.17) is 21.3 Å². The molecule has 0 unspecified atom stereocenters. The summed E-state index contributed by atoms with van der Waals surface area (Å²) in [5.74, 6) is 0.623. The van der Waals surface area contributed by atoms with E-state index in [9.17, 15) is 4.79 Å². The number of halogens is 1. The summed E-state index contributed by atoms with van der Waals surface area (Å²) in [7, 11) is 1.58. The Bertz CT molecular complexity index is 1310. The van der Waals surface area contributed by atoms with Gasteiger partial charge < -0.3 is 15.0 Å². The van der Waals surface area contributed by atoms with E-state index in [1.54, 1.807) is 30.6 Å². The molecule has 34 heavy (non-hydrogen) atoms. The molecule has 1 aliphatic rings. The Kier molecular flexibility index (Phi) is 6.43. The van der Waals surface area contributed by atoms with E-state index in [2.05, 4.69) is 15.3 Å². The number of hydrogen-bond acceptors (Lipinski definition) is 6. The fourth-order valence-corrected chi connectivity index (χ4v) is 5.63. The third-order valence-corrected chi connectivity index (χ3v) is 7.60. The number of aryl methyl sites for hydroxylation is 1. The van der Waals surface area contributed by atoms with Crippen molar-refractivity contribution in [1.29, 1.82) is 0 Å². The molecule has 4 aromatic rings. The van der Waals surface area contributed by atoms with Crippen LogP contribution < -0.4 is 15.0 Å². The Morgan fingerprint density at radius 3 is 2.68 bits per heavy atom. The number of carbonyl (C=O) groups excluding carboxylic acids is 1. The van der Waals surface area contributed by atoms with Gasteiger partial charge in [0.25, 0.3) is 0 Å². The van der Waals surface area contributed by atoms with Crippen molar-refractivity contribution in [1.82, 2.24) is 20.1 Å². The van der Waals surface area contributed by atoms with Crippen molar-refractivity contribution in [3.8, 4) is 11.4 Å². The number of piperidine rings is 1. The summed E-state index contributed by atoms with van der Waals surface area (Å²) in [6.07, 6.45) is 2.07. The summed E-state index contributed by atoms with van der Waals surface area (Å²) >= 11 is 7.87. The summed E-state index contributed by atoms with van der Waals surface area (Å²) in [6.45, 7) is 3.74. The van der Waals surface area contributed by atoms with Crippen LogP contribution in [0.5, 0.6) is 5.75 Å². The summed E-state index contributed by atoms with van der Waals surface area (Å²) in [4.78, 5) is 19.8. The van der Waals surface area contributed by atoms with Crippen molar-refractivity contribution in [3.63, 3.8) is 0 Å². The molecule has 0 atom stereocenters. The van der Waals surface area contributed by atoms with Crippen LogP contribution in [-0.2, 0) is 11.2 Å². The number of methoxy groups -OCH3 is 1. The summed E-state index contributed by atoms with van der Waals surface area (Å²) in [5.41, 5.74) is 3.77. The molecule has 5 rings (SSSR count). The summed E-state index contributed by atoms with van der Waals surface area (Å²) in [6, 6.07) is 15.7. The van der Waals surface area contributed by atoms with Gasteiger partial charge in [0.15, 0.2) is 10.8 Å². The number of anilines is 1. The lowest BCUT2D eigenvalue weighted by Crippen LogP contribution is -2.45. The number of para-hydroxylation sites is 1. The number of fused-ring (bicyclic) bond motifs is 1. The molecule has 1 saturated heterocycles. The van der Waals surface area contributed by atoms with E-state index in [1.807, 2.05) is 48.0 Å². The van der Waals surface area contributed by atoms with Crippen molar-refractivity contribution in [2.75, 3.05) is 25.1 Å². The van der Waals surface area contributed by atoms with Crippen LogP contribution in [0.15, 0.2) is 48.5 Å². The second kappa shape index (κ2) is 9.64. The normalized spacial score (nSPS) is 14.5. The predicted molar refractivity (Wildman–Crippen MR) is 137 cm³/mol. The van der Waals surface area contributed by atoms with Crippen molar-refractivity contribution < 1.29 is 9.53 Å². The molecule has 0 bridgehead atoms. The van der Waals surface area contributed by atoms with Gasteiger partial charge in [0.1, 0.15) is 5.75 Å². The average molecular weight is 496 g/mol. The largest absolute Gasteiger partial charge is 0.495 e. The van der Waals surface area contributed by atoms with Crippen molar-refractivity contribution in [2.45, 2.75) is 32.2 Å². The van der Waals surface area contributed by atoms with Gasteiger partial charge in [-0.15, -0.1) is 0 Å². The molecule has 1 amide bonds. The Labute approximate surface area is 207 Å². The van der Waals surface area contributed by atoms with Gasteiger partial charge in [0.05, 0.1) is 34.6 Å². The molecule has 7 nitrogen and oxygen atoms in total. The first-order valence-electron chi connectivity index (χ1n) is 11.3. The molecule has 0 radical (unpaired) electrons. The molecule has 2 aromatic heterocycles. The van der Waals surface area contributed by atoms with Gasteiger partial charge in [-0.05, 0) is 49.6 Å². The number of nitrogens with one attached hydrogen (secondary N) is 1. The van der Waals surface area contributed by atoms with Gasteiger partial charge >= 0.3 is 0 Å². The minimum Gasteiger partial charge on any atom is -0.495 e. The van der Waals surface area contributed by atoms with E-state index < -0.39 is 0 Å². The Morgan fingerprint density at radius 2 is 1.97 bits per heavy atom. The Morgan fingerprint density at radius 1 is 1.21 bits per heavy atom. The van der Waals surface area contributed by atoms with Crippen LogP contribution in [0.3, 0.4) is 0 Å². The quantitative estimate of drug-likeness (QED) is 0.417. The van der Waals surface area contributed by atoms with Gasteiger partial charge in [-0.1, -0.05) is 47.2 Å². The molecule has 1 N–H and O–H groups in total. The molecule has 3 heterocycles. The third kappa shape index (κ3) is 4.60. The van der Waals surface area contributed by atoms with Gasteiger partial charge in [-0.2, -0.15) is 10.1 Å². The Hall–Kier alpha value is -3.10. The van der Waals surface area contributed by atoms with E-state index in [0.29, 0.717) is 17.2 Å². The van der Waals surface area contributed by atoms with Crippen LogP contribution in [0, 0.1) is 6.92 Å². The van der Waals surface area contributed by atoms with Crippen molar-refractivity contribution in [2.24, 2.45) is 0 Å². The van der Waals surface area contributed by atoms with Crippen molar-refractivity contribution in [3.05, 3.63) is 64.8 Å². The fraction of sp³-hybridized carbons (Fsp3) is 0.320. The van der Waals surface area contributed by atoms with Crippen LogP contribution >= 0.6 is 22.9 Å². The van der Waals surface area contributed by atoms with E-state index in [1.165, 1.54) is 0 Å². The lowest BCUT2D eigenvalue weighted by Gasteiger charge is -2.32. The highest BCUT2D eigenvalue weighted by molar-refractivity contribution is 7.22. The van der Waals surface area contributed by atoms with E-state index >= 15 is 0 Å². The van der Waals surface area contributed by atoms with Gasteiger partial charge in [-0.3, -0.25) is 4.79 Å². The first-order chi connectivity index (χ1) is 16.5. The van der Waals surface area contributed by atoms with Crippen LogP contribution in [-0.4, -0.2) is 46.9 Å². The highest BCUT2D eigenvalue weighted by Gasteiger charge is 2.24. The number of ether oxygens (including phenoxy) is 1. The smallest absolute Gasteiger partial charge is 0.224 e. The first kappa shape index (κ1) is 22.7. The highest BCUT2D eigenvalue weighted by atomic mass is 35.5. The molecular weight excluding hydrogens is 470 g/mol. The molecule has 0 aliphatic carbocycles. The maximum atomic E-state index is 12.6. The lowest BCUT2D eigenvalue weighted by molar-refractivity contribution is -0.121. The lowest BCUT2D eigenvalue weighted by atomic mass is 10.0. The molecule has 0 spiro atoms. The maximum absolute atomic E-state index is 12.6. The third-order valence-electron chi connectivity index (χ3n) is 6.09. The van der Waals surface area contributed by atoms with E-state index in [0.717, 1.165) is 58.4 Å². The molecule has 9 heteroatoms. The number of thiazole rings is 1. The molecule has 0 saturated carbocycles. The second-order valence-corrected chi connectivity index (χ2v) is 9.84. The number of nitrogens with zero attached hydrogens (tertiary/aromatic N) is 4. The van der Waals surface area contributed by atoms with Crippen LogP contribution in [0.2, 0.25) is 5.02 Å². The summed E-state index contributed by atoms with van der Waals surface area (Å²) < 4.78 is 8.21. The molecule has 2 aromatic carbocycles. The molecule has 1 fully saturated rings. The average Bonchev–Trinajstić information content (AvgIpc) is 3.41. The van der Waals surface area contributed by atoms with Crippen LogP contribution in [0.4, 0.5) is 5.13 Å². The SMILES string of the molecule is COc1ccc(CC(=O)NC2CCN(c3nc4c(s3)c(C)nn4-c3ccccc3)CC2)cc1Cl. The molecular formula is C25H26ClN5O2S. The maximum Gasteiger partial charge on any atom is 0.224 e. The number of rotatable bonds is 6. The zero-order valence-electron chi connectivity index (χ0n) is 19.1. The predicted octanol–water partition coefficient (Wildman–Crippen LogP) is 4.78. The van der Waals surface area contributed by atoms with Crippen LogP contribution in [0.1, 0.15) is 24.1 Å². The standard InChI is InChI=1S/C25H26ClN5O2S/c1-16-23-24(31(29-16)19-6-4-3-5-7-19)28-25(34-23)30-12-10-18(11-13-30)27-22(32)15-17-8-9-21(33-2)20(26)14-17/h3-9,14,18H,10-13,15H2,1-2H3,(H,27,32). The molecule has 176 valence electrons. The van der Waals surface area contributed by atoms with Crippen LogP contribution in [0.25, 0.3) is 16.0 Å². The van der Waals surface area contributed by atoms with Gasteiger partial charge in [0, 0.05) is 19.1 Å². The van der Waals surface area contributed by atoms with Gasteiger partial charge in [-0.25, -0.2) is 4.68 Å². The number of hydrogen-bond donors (Lipinski definition) is 1. The number of aromatic nitrogens is 3. The Balaban J connectivity index is 1.21. The minimum absolute atomic E-state index is 0.0123. The summed E-state index contributed by atoms with van der Waals surface area (Å²) in [5, 5.41) is 9.39. The zero-order chi connectivity index (χ0) is 23.7.